The van der Waals surface area contributed by atoms with Crippen LogP contribution in [0.3, 0.4) is 0 Å². The molecule has 3 rings (SSSR count). The van der Waals surface area contributed by atoms with Gasteiger partial charge in [0.25, 0.3) is 5.91 Å². The number of carbonyl (C=O) groups is 1. The summed E-state index contributed by atoms with van der Waals surface area (Å²) in [6.07, 6.45) is -1.10. The minimum absolute atomic E-state index is 0.0184. The summed E-state index contributed by atoms with van der Waals surface area (Å²) in [6, 6.07) is 7.14. The summed E-state index contributed by atoms with van der Waals surface area (Å²) in [4.78, 5) is 16.3. The number of aromatic nitrogens is 1. The van der Waals surface area contributed by atoms with Gasteiger partial charge in [-0.15, -0.1) is 0 Å². The van der Waals surface area contributed by atoms with Crippen LogP contribution in [0.5, 0.6) is 17.4 Å². The smallest absolute Gasteiger partial charge is 0.417 e. The molecule has 1 saturated carbocycles. The number of hydrogen-bond donors (Lipinski definition) is 1. The zero-order valence-electron chi connectivity index (χ0n) is 16.7. The number of amides is 1. The van der Waals surface area contributed by atoms with E-state index in [1.54, 1.807) is 18.2 Å². The molecule has 1 aliphatic rings. The highest BCUT2D eigenvalue weighted by Gasteiger charge is 2.31. The number of rotatable bonds is 6. The Morgan fingerprint density at radius 3 is 2.17 bits per heavy atom. The number of methoxy groups -OCH3 is 2. The molecular weight excluding hydrogens is 401 g/mol. The van der Waals surface area contributed by atoms with E-state index in [9.17, 15) is 18.0 Å². The summed E-state index contributed by atoms with van der Waals surface area (Å²) in [5.74, 6) is 1.00. The van der Waals surface area contributed by atoms with Crippen molar-refractivity contribution in [2.24, 2.45) is 0 Å². The van der Waals surface area contributed by atoms with Crippen LogP contribution in [0.15, 0.2) is 36.5 Å². The van der Waals surface area contributed by atoms with Crippen LogP contribution < -0.4 is 19.5 Å². The average Bonchev–Trinajstić information content (AvgIpc) is 2.74. The van der Waals surface area contributed by atoms with Crippen molar-refractivity contribution < 1.29 is 32.2 Å². The Hall–Kier alpha value is -2.97. The predicted molar refractivity (Wildman–Crippen MR) is 103 cm³/mol. The molecule has 0 aliphatic heterocycles. The Kier molecular flexibility index (Phi) is 6.69. The molecule has 0 atom stereocenters. The third kappa shape index (κ3) is 5.55. The summed E-state index contributed by atoms with van der Waals surface area (Å²) in [7, 11) is 3.03. The molecule has 1 aromatic heterocycles. The highest BCUT2D eigenvalue weighted by Crippen LogP contribution is 2.30. The van der Waals surface area contributed by atoms with E-state index in [-0.39, 0.29) is 23.9 Å². The summed E-state index contributed by atoms with van der Waals surface area (Å²) in [5, 5.41) is 3.00. The fourth-order valence-corrected chi connectivity index (χ4v) is 3.32. The minimum atomic E-state index is -4.42. The molecule has 30 heavy (non-hydrogen) atoms. The number of ether oxygens (including phenoxy) is 3. The summed E-state index contributed by atoms with van der Waals surface area (Å²) < 4.78 is 53.9. The van der Waals surface area contributed by atoms with E-state index < -0.39 is 11.7 Å². The summed E-state index contributed by atoms with van der Waals surface area (Å²) in [6.45, 7) is 0. The average molecular weight is 424 g/mol. The summed E-state index contributed by atoms with van der Waals surface area (Å²) >= 11 is 0. The van der Waals surface area contributed by atoms with Crippen LogP contribution in [0, 0.1) is 0 Å². The van der Waals surface area contributed by atoms with Gasteiger partial charge in [-0.3, -0.25) is 4.79 Å². The van der Waals surface area contributed by atoms with Crippen LogP contribution in [-0.4, -0.2) is 37.3 Å². The molecule has 6 nitrogen and oxygen atoms in total. The molecule has 1 aliphatic carbocycles. The molecule has 0 radical (unpaired) electrons. The molecule has 9 heteroatoms. The maximum Gasteiger partial charge on any atom is 0.417 e. The largest absolute Gasteiger partial charge is 0.497 e. The van der Waals surface area contributed by atoms with Gasteiger partial charge in [-0.2, -0.15) is 13.2 Å². The fraction of sp³-hybridized carbons (Fsp3) is 0.429. The number of benzene rings is 1. The number of nitrogens with zero attached hydrogens (tertiary/aromatic N) is 1. The second-order valence-electron chi connectivity index (χ2n) is 7.05. The Balaban J connectivity index is 1.51. The Labute approximate surface area is 172 Å². The lowest BCUT2D eigenvalue weighted by atomic mass is 9.92. The first-order valence-electron chi connectivity index (χ1n) is 9.52. The van der Waals surface area contributed by atoms with E-state index in [1.165, 1.54) is 20.3 Å². The normalized spacial score (nSPS) is 19.1. The van der Waals surface area contributed by atoms with E-state index in [0.29, 0.717) is 42.7 Å². The van der Waals surface area contributed by atoms with Gasteiger partial charge in [-0.25, -0.2) is 4.98 Å². The maximum atomic E-state index is 12.6. The standard InChI is InChI=1S/C21H23F3N2O4/c1-28-17-9-13(10-18(11-17)29-2)20(27)26-15-4-6-16(7-5-15)30-19-8-3-14(12-25-19)21(22,23)24/h3,8-12,15-16H,4-7H2,1-2H3,(H,26,27). The predicted octanol–water partition coefficient (Wildman–Crippen LogP) is 4.24. The van der Waals surface area contributed by atoms with Gasteiger partial charge in [0, 0.05) is 29.9 Å². The number of nitrogens with one attached hydrogen (secondary N) is 1. The van der Waals surface area contributed by atoms with Gasteiger partial charge in [-0.1, -0.05) is 0 Å². The molecule has 1 heterocycles. The van der Waals surface area contributed by atoms with Crippen molar-refractivity contribution in [1.29, 1.82) is 0 Å². The van der Waals surface area contributed by atoms with Crippen LogP contribution >= 0.6 is 0 Å². The van der Waals surface area contributed by atoms with Crippen molar-refractivity contribution in [1.82, 2.24) is 10.3 Å². The first-order chi connectivity index (χ1) is 14.3. The summed E-state index contributed by atoms with van der Waals surface area (Å²) in [5.41, 5.74) is -0.367. The van der Waals surface area contributed by atoms with Crippen molar-refractivity contribution in [3.63, 3.8) is 0 Å². The Bertz CT molecular complexity index is 841. The second kappa shape index (κ2) is 9.23. The lowest BCUT2D eigenvalue weighted by Gasteiger charge is -2.29. The van der Waals surface area contributed by atoms with Gasteiger partial charge in [-0.05, 0) is 43.9 Å². The SMILES string of the molecule is COc1cc(OC)cc(C(=O)NC2CCC(Oc3ccc(C(F)(F)F)cn3)CC2)c1. The number of hydrogen-bond acceptors (Lipinski definition) is 5. The molecule has 1 fully saturated rings. The monoisotopic (exact) mass is 424 g/mol. The Morgan fingerprint density at radius 2 is 1.67 bits per heavy atom. The minimum Gasteiger partial charge on any atom is -0.497 e. The van der Waals surface area contributed by atoms with E-state index >= 15 is 0 Å². The van der Waals surface area contributed by atoms with Gasteiger partial charge in [0.2, 0.25) is 5.88 Å². The molecule has 0 saturated heterocycles. The van der Waals surface area contributed by atoms with Gasteiger partial charge in [0.05, 0.1) is 19.8 Å². The van der Waals surface area contributed by atoms with Gasteiger partial charge < -0.3 is 19.5 Å². The Morgan fingerprint density at radius 1 is 1.03 bits per heavy atom. The van der Waals surface area contributed by atoms with Crippen molar-refractivity contribution in [3.8, 4) is 17.4 Å². The zero-order chi connectivity index (χ0) is 21.7. The third-order valence-corrected chi connectivity index (χ3v) is 4.97. The molecule has 1 amide bonds. The van der Waals surface area contributed by atoms with Crippen LogP contribution in [0.2, 0.25) is 0 Å². The van der Waals surface area contributed by atoms with Gasteiger partial charge in [0.1, 0.15) is 17.6 Å². The van der Waals surface area contributed by atoms with E-state index in [0.717, 1.165) is 12.3 Å². The maximum absolute atomic E-state index is 12.6. The van der Waals surface area contributed by atoms with Crippen molar-refractivity contribution in [2.75, 3.05) is 14.2 Å². The lowest BCUT2D eigenvalue weighted by molar-refractivity contribution is -0.137. The van der Waals surface area contributed by atoms with E-state index in [1.807, 2.05) is 0 Å². The van der Waals surface area contributed by atoms with Crippen molar-refractivity contribution >= 4 is 5.91 Å². The number of alkyl halides is 3. The van der Waals surface area contributed by atoms with Crippen LogP contribution in [0.1, 0.15) is 41.6 Å². The van der Waals surface area contributed by atoms with Gasteiger partial charge >= 0.3 is 6.18 Å². The van der Waals surface area contributed by atoms with E-state index in [2.05, 4.69) is 10.3 Å². The van der Waals surface area contributed by atoms with Gasteiger partial charge in [0.15, 0.2) is 0 Å². The zero-order valence-corrected chi connectivity index (χ0v) is 16.7. The second-order valence-corrected chi connectivity index (χ2v) is 7.05. The molecule has 0 unspecified atom stereocenters. The molecule has 0 bridgehead atoms. The molecule has 0 spiro atoms. The lowest BCUT2D eigenvalue weighted by Crippen LogP contribution is -2.39. The van der Waals surface area contributed by atoms with Crippen molar-refractivity contribution in [3.05, 3.63) is 47.7 Å². The molecule has 1 N–H and O–H groups in total. The first-order valence-corrected chi connectivity index (χ1v) is 9.52. The third-order valence-electron chi connectivity index (χ3n) is 4.97. The quantitative estimate of drug-likeness (QED) is 0.751. The van der Waals surface area contributed by atoms with Crippen molar-refractivity contribution in [2.45, 2.75) is 44.0 Å². The topological polar surface area (TPSA) is 69.7 Å². The number of carbonyl (C=O) groups excluding carboxylic acids is 1. The molecule has 162 valence electrons. The van der Waals surface area contributed by atoms with E-state index in [4.69, 9.17) is 14.2 Å². The molecule has 2 aromatic rings. The molecular formula is C21H23F3N2O4. The number of halogens is 3. The first kappa shape index (κ1) is 21.7. The van der Waals surface area contributed by atoms with Crippen LogP contribution in [-0.2, 0) is 6.18 Å². The molecule has 1 aromatic carbocycles. The highest BCUT2D eigenvalue weighted by atomic mass is 19.4. The van der Waals surface area contributed by atoms with Crippen LogP contribution in [0.25, 0.3) is 0 Å². The highest BCUT2D eigenvalue weighted by molar-refractivity contribution is 5.95. The number of pyridine rings is 1. The fourth-order valence-electron chi connectivity index (χ4n) is 3.32. The van der Waals surface area contributed by atoms with Crippen LogP contribution in [0.4, 0.5) is 13.2 Å².